The van der Waals surface area contributed by atoms with Crippen LogP contribution in [0, 0.1) is 13.8 Å². The van der Waals surface area contributed by atoms with Gasteiger partial charge in [-0.1, -0.05) is 36.0 Å². The molecule has 0 aliphatic carbocycles. The molecule has 9 heteroatoms. The Hall–Kier alpha value is -3.30. The minimum absolute atomic E-state index is 0.183. The molecule has 0 bridgehead atoms. The minimum Gasteiger partial charge on any atom is -0.460 e. The van der Waals surface area contributed by atoms with Crippen LogP contribution in [0.3, 0.4) is 0 Å². The largest absolute Gasteiger partial charge is 0.460 e. The molecule has 0 aromatic heterocycles. The van der Waals surface area contributed by atoms with Crippen molar-refractivity contribution >= 4 is 40.3 Å². The predicted molar refractivity (Wildman–Crippen MR) is 144 cm³/mol. The number of nitrogens with zero attached hydrogens (tertiary/aromatic N) is 2. The number of rotatable bonds is 7. The van der Waals surface area contributed by atoms with Gasteiger partial charge in [0.2, 0.25) is 0 Å². The van der Waals surface area contributed by atoms with Crippen LogP contribution < -0.4 is 10.6 Å². The van der Waals surface area contributed by atoms with E-state index in [1.165, 1.54) is 0 Å². The highest BCUT2D eigenvalue weighted by atomic mass is 32.2. The fraction of sp³-hybridized carbons (Fsp3) is 0.370. The summed E-state index contributed by atoms with van der Waals surface area (Å²) >= 11 is 1.70. The molecule has 2 N–H and O–H groups in total. The van der Waals surface area contributed by atoms with Crippen molar-refractivity contribution in [2.24, 2.45) is 4.99 Å². The first-order chi connectivity index (χ1) is 17.4. The van der Waals surface area contributed by atoms with E-state index in [2.05, 4.69) is 15.5 Å². The van der Waals surface area contributed by atoms with E-state index < -0.39 is 0 Å². The van der Waals surface area contributed by atoms with Crippen LogP contribution in [0.5, 0.6) is 0 Å². The van der Waals surface area contributed by atoms with Crippen LogP contribution >= 0.6 is 11.8 Å². The van der Waals surface area contributed by atoms with Crippen LogP contribution in [0.4, 0.5) is 16.2 Å². The Morgan fingerprint density at radius 3 is 2.61 bits per heavy atom. The minimum atomic E-state index is -0.386. The number of esters is 1. The van der Waals surface area contributed by atoms with Crippen LogP contribution in [-0.2, 0) is 14.3 Å². The monoisotopic (exact) mass is 508 g/mol. The number of nitrogens with one attached hydrogen (secondary N) is 2. The summed E-state index contributed by atoms with van der Waals surface area (Å²) in [4.78, 5) is 32.6. The van der Waals surface area contributed by atoms with Gasteiger partial charge >= 0.3 is 12.0 Å². The number of hydrogen-bond acceptors (Lipinski definition) is 7. The van der Waals surface area contributed by atoms with Crippen molar-refractivity contribution in [3.63, 3.8) is 0 Å². The van der Waals surface area contributed by atoms with Crippen LogP contribution in [-0.4, -0.2) is 54.7 Å². The Bertz CT molecular complexity index is 1190. The van der Waals surface area contributed by atoms with E-state index >= 15 is 0 Å². The summed E-state index contributed by atoms with van der Waals surface area (Å²) in [5.74, 6) is 0.615. The zero-order valence-corrected chi connectivity index (χ0v) is 21.9. The number of amides is 2. The molecule has 2 aromatic rings. The molecule has 4 rings (SSSR count). The molecule has 1 fully saturated rings. The Morgan fingerprint density at radius 2 is 1.86 bits per heavy atom. The van der Waals surface area contributed by atoms with Crippen molar-refractivity contribution in [3.8, 4) is 0 Å². The van der Waals surface area contributed by atoms with E-state index in [1.807, 2.05) is 63.2 Å². The maximum absolute atomic E-state index is 13.1. The number of methoxy groups -OCH3 is 1. The maximum atomic E-state index is 13.1. The Balaban J connectivity index is 1.54. The number of allylic oxidation sites excluding steroid dienone is 1. The second-order valence-electron chi connectivity index (χ2n) is 8.77. The summed E-state index contributed by atoms with van der Waals surface area (Å²) in [6, 6.07) is 12.8. The van der Waals surface area contributed by atoms with E-state index in [-0.39, 0.29) is 24.6 Å². The smallest absolute Gasteiger partial charge is 0.338 e. The van der Waals surface area contributed by atoms with Gasteiger partial charge in [-0.3, -0.25) is 0 Å². The molecule has 2 aromatic carbocycles. The zero-order chi connectivity index (χ0) is 25.7. The van der Waals surface area contributed by atoms with E-state index in [4.69, 9.17) is 14.5 Å². The van der Waals surface area contributed by atoms with Crippen molar-refractivity contribution in [1.29, 1.82) is 0 Å². The van der Waals surface area contributed by atoms with Crippen molar-refractivity contribution in [2.45, 2.75) is 33.2 Å². The number of thioether (sulfide) groups is 1. The number of amidine groups is 1. The topological polar surface area (TPSA) is 92.3 Å². The summed E-state index contributed by atoms with van der Waals surface area (Å²) in [5, 5.41) is 6.73. The summed E-state index contributed by atoms with van der Waals surface area (Å²) in [6.45, 7) is 7.17. The fourth-order valence-electron chi connectivity index (χ4n) is 4.29. The molecule has 2 amide bonds. The Labute approximate surface area is 216 Å². The molecule has 190 valence electrons. The second-order valence-corrected chi connectivity index (χ2v) is 9.83. The third-order valence-corrected chi connectivity index (χ3v) is 7.41. The lowest BCUT2D eigenvalue weighted by atomic mass is 9.94. The highest BCUT2D eigenvalue weighted by molar-refractivity contribution is 8.13. The highest BCUT2D eigenvalue weighted by Gasteiger charge is 2.37. The van der Waals surface area contributed by atoms with Crippen LogP contribution in [0.15, 0.2) is 58.7 Å². The fourth-order valence-corrected chi connectivity index (χ4v) is 5.31. The molecule has 2 heterocycles. The number of fused-ring (bicyclic) bond motifs is 1. The van der Waals surface area contributed by atoms with Crippen molar-refractivity contribution in [2.75, 3.05) is 43.3 Å². The number of ether oxygens (including phenoxy) is 2. The number of benzene rings is 2. The van der Waals surface area contributed by atoms with E-state index in [0.717, 1.165) is 46.3 Å². The summed E-state index contributed by atoms with van der Waals surface area (Å²) < 4.78 is 10.5. The molecule has 1 unspecified atom stereocenters. The quantitative estimate of drug-likeness (QED) is 0.392. The normalized spacial score (nSPS) is 17.3. The van der Waals surface area contributed by atoms with Gasteiger partial charge < -0.3 is 25.0 Å². The van der Waals surface area contributed by atoms with Crippen LogP contribution in [0.2, 0.25) is 0 Å². The molecule has 0 saturated carbocycles. The van der Waals surface area contributed by atoms with Gasteiger partial charge in [-0.25, -0.2) is 14.6 Å². The molecule has 1 saturated heterocycles. The molecule has 2 aliphatic heterocycles. The molecule has 1 atom stereocenters. The molecule has 36 heavy (non-hydrogen) atoms. The van der Waals surface area contributed by atoms with Gasteiger partial charge in [0.25, 0.3) is 0 Å². The Kier molecular flexibility index (Phi) is 8.32. The average Bonchev–Trinajstić information content (AvgIpc) is 2.86. The first-order valence-corrected chi connectivity index (χ1v) is 13.0. The predicted octanol–water partition coefficient (Wildman–Crippen LogP) is 5.26. The molecular formula is C27H32N4O4S. The van der Waals surface area contributed by atoms with Crippen molar-refractivity contribution < 1.29 is 19.1 Å². The van der Waals surface area contributed by atoms with Gasteiger partial charge in [0.1, 0.15) is 6.61 Å². The molecule has 0 radical (unpaired) electrons. The van der Waals surface area contributed by atoms with Gasteiger partial charge in [0.05, 0.1) is 23.9 Å². The van der Waals surface area contributed by atoms with Gasteiger partial charge in [0.15, 0.2) is 5.17 Å². The zero-order valence-electron chi connectivity index (χ0n) is 21.1. The lowest BCUT2D eigenvalue weighted by Crippen LogP contribution is -2.42. The van der Waals surface area contributed by atoms with Crippen LogP contribution in [0.25, 0.3) is 0 Å². The molecule has 8 nitrogen and oxygen atoms in total. The van der Waals surface area contributed by atoms with Crippen molar-refractivity contribution in [1.82, 2.24) is 4.90 Å². The van der Waals surface area contributed by atoms with Gasteiger partial charge in [-0.2, -0.15) is 0 Å². The number of aliphatic imine (C=N–C) groups is 1. The summed E-state index contributed by atoms with van der Waals surface area (Å²) in [5.41, 5.74) is 5.71. The molecule has 0 spiro atoms. The van der Waals surface area contributed by atoms with Gasteiger partial charge in [0, 0.05) is 30.8 Å². The number of aryl methyl sites for hydroxylation is 1. The molecular weight excluding hydrogens is 476 g/mol. The van der Waals surface area contributed by atoms with E-state index in [0.29, 0.717) is 23.6 Å². The lowest BCUT2D eigenvalue weighted by Gasteiger charge is -2.40. The third-order valence-electron chi connectivity index (χ3n) is 6.34. The number of carbonyl (C=O) groups excluding carboxylic acids is 2. The first-order valence-electron chi connectivity index (χ1n) is 12.0. The Morgan fingerprint density at radius 1 is 1.08 bits per heavy atom. The number of anilines is 2. The van der Waals surface area contributed by atoms with Gasteiger partial charge in [-0.15, -0.1) is 0 Å². The average molecular weight is 509 g/mol. The van der Waals surface area contributed by atoms with E-state index in [1.54, 1.807) is 18.9 Å². The second kappa shape index (κ2) is 11.6. The first kappa shape index (κ1) is 25.8. The van der Waals surface area contributed by atoms with Crippen LogP contribution in [0.1, 0.15) is 36.1 Å². The summed E-state index contributed by atoms with van der Waals surface area (Å²) in [6.07, 6.45) is 1.00. The maximum Gasteiger partial charge on any atom is 0.338 e. The summed E-state index contributed by atoms with van der Waals surface area (Å²) in [7, 11) is 1.57. The SMILES string of the molecule is COCCOC(=O)C1=C(C)N=C2SCCCN2C1c1ccc(NC(=O)Nc2cccc(C)c2C)cc1. The molecule has 2 aliphatic rings. The van der Waals surface area contributed by atoms with Gasteiger partial charge in [-0.05, 0) is 62.1 Å². The standard InChI is InChI=1S/C27H32N4O4S/c1-17-7-5-8-22(18(17)2)30-26(33)29-21-11-9-20(10-12-21)24-23(25(32)35-15-14-34-4)19(3)28-27-31(24)13-6-16-36-27/h5,7-12,24H,6,13-16H2,1-4H3,(H2,29,30,33). The van der Waals surface area contributed by atoms with E-state index in [9.17, 15) is 9.59 Å². The number of carbonyl (C=O) groups is 2. The van der Waals surface area contributed by atoms with Crippen molar-refractivity contribution in [3.05, 3.63) is 70.4 Å². The number of urea groups is 1. The third kappa shape index (κ3) is 5.74. The lowest BCUT2D eigenvalue weighted by molar-refractivity contribution is -0.141. The highest BCUT2D eigenvalue weighted by Crippen LogP contribution is 2.40. The number of hydrogen-bond donors (Lipinski definition) is 2.